The third kappa shape index (κ3) is 4.38. The molecule has 28 heavy (non-hydrogen) atoms. The van der Waals surface area contributed by atoms with Crippen molar-refractivity contribution in [1.82, 2.24) is 29.5 Å². The number of imidazole rings is 1. The Morgan fingerprint density at radius 1 is 1.04 bits per heavy atom. The predicted octanol–water partition coefficient (Wildman–Crippen LogP) is 2.85. The van der Waals surface area contributed by atoms with E-state index in [9.17, 15) is 4.79 Å². The Labute approximate surface area is 165 Å². The van der Waals surface area contributed by atoms with Crippen molar-refractivity contribution in [3.63, 3.8) is 0 Å². The molecule has 4 aromatic rings. The van der Waals surface area contributed by atoms with Crippen LogP contribution < -0.4 is 5.32 Å². The maximum Gasteiger partial charge on any atom is 0.235 e. The number of benzene rings is 1. The highest BCUT2D eigenvalue weighted by Gasteiger charge is 2.08. The van der Waals surface area contributed by atoms with E-state index in [0.29, 0.717) is 11.6 Å². The molecule has 8 nitrogen and oxygen atoms in total. The number of nitrogens with zero attached hydrogens (tertiary/aromatic N) is 6. The predicted molar refractivity (Wildman–Crippen MR) is 106 cm³/mol. The zero-order chi connectivity index (χ0) is 19.2. The van der Waals surface area contributed by atoms with Gasteiger partial charge >= 0.3 is 0 Å². The lowest BCUT2D eigenvalue weighted by Gasteiger charge is -2.07. The van der Waals surface area contributed by atoms with E-state index >= 15 is 0 Å². The van der Waals surface area contributed by atoms with Crippen LogP contribution in [0.4, 0.5) is 5.82 Å². The van der Waals surface area contributed by atoms with Crippen molar-refractivity contribution in [2.75, 3.05) is 11.1 Å². The van der Waals surface area contributed by atoms with Crippen molar-refractivity contribution in [3.05, 3.63) is 73.8 Å². The summed E-state index contributed by atoms with van der Waals surface area (Å²) in [6.07, 6.45) is 7.95. The van der Waals surface area contributed by atoms with Gasteiger partial charge in [-0.25, -0.2) is 24.9 Å². The second-order valence-corrected chi connectivity index (χ2v) is 6.67. The monoisotopic (exact) mass is 389 g/mol. The number of carbonyl (C=O) groups is 1. The van der Waals surface area contributed by atoms with Gasteiger partial charge in [-0.15, -0.1) is 0 Å². The van der Waals surface area contributed by atoms with Crippen molar-refractivity contribution >= 4 is 23.5 Å². The quantitative estimate of drug-likeness (QED) is 0.400. The van der Waals surface area contributed by atoms with E-state index in [0.717, 1.165) is 16.3 Å². The molecule has 0 bridgehead atoms. The van der Waals surface area contributed by atoms with Gasteiger partial charge in [0.1, 0.15) is 35.6 Å². The molecule has 0 atom stereocenters. The SMILES string of the molecule is O=C(CSc1cc(-c2ccccc2)ncn1)Nc1cc(-n2ccnc2)ncn1. The summed E-state index contributed by atoms with van der Waals surface area (Å²) in [7, 11) is 0. The van der Waals surface area contributed by atoms with Crippen LogP contribution in [0.15, 0.2) is 78.9 Å². The lowest BCUT2D eigenvalue weighted by molar-refractivity contribution is -0.113. The summed E-state index contributed by atoms with van der Waals surface area (Å²) in [5.41, 5.74) is 1.82. The van der Waals surface area contributed by atoms with Crippen LogP contribution in [0, 0.1) is 0 Å². The Morgan fingerprint density at radius 3 is 2.71 bits per heavy atom. The fraction of sp³-hybridized carbons (Fsp3) is 0.0526. The largest absolute Gasteiger partial charge is 0.310 e. The molecule has 3 heterocycles. The molecule has 0 aliphatic carbocycles. The Kier molecular flexibility index (Phi) is 5.34. The molecule has 0 saturated heterocycles. The van der Waals surface area contributed by atoms with E-state index < -0.39 is 0 Å². The minimum absolute atomic E-state index is 0.180. The first kappa shape index (κ1) is 17.8. The number of aromatic nitrogens is 6. The molecule has 0 saturated carbocycles. The van der Waals surface area contributed by atoms with Gasteiger partial charge in [0.15, 0.2) is 0 Å². The summed E-state index contributed by atoms with van der Waals surface area (Å²) < 4.78 is 1.73. The molecule has 0 spiro atoms. The number of thioether (sulfide) groups is 1. The zero-order valence-corrected chi connectivity index (χ0v) is 15.5. The fourth-order valence-corrected chi connectivity index (χ4v) is 3.12. The maximum atomic E-state index is 12.3. The van der Waals surface area contributed by atoms with E-state index in [4.69, 9.17) is 0 Å². The molecule has 1 aromatic carbocycles. The Bertz CT molecular complexity index is 1070. The van der Waals surface area contributed by atoms with Gasteiger partial charge < -0.3 is 5.32 Å². The van der Waals surface area contributed by atoms with Gasteiger partial charge in [-0.2, -0.15) is 0 Å². The highest BCUT2D eigenvalue weighted by molar-refractivity contribution is 7.99. The first-order chi connectivity index (χ1) is 13.8. The molecule has 1 amide bonds. The highest BCUT2D eigenvalue weighted by Crippen LogP contribution is 2.22. The van der Waals surface area contributed by atoms with Crippen LogP contribution in [-0.4, -0.2) is 41.1 Å². The molecular formula is C19H15N7OS. The molecule has 138 valence electrons. The molecule has 0 fully saturated rings. The van der Waals surface area contributed by atoms with Gasteiger partial charge in [0.05, 0.1) is 11.4 Å². The minimum Gasteiger partial charge on any atom is -0.310 e. The van der Waals surface area contributed by atoms with Gasteiger partial charge in [-0.05, 0) is 6.07 Å². The second kappa shape index (κ2) is 8.40. The summed E-state index contributed by atoms with van der Waals surface area (Å²) in [6, 6.07) is 13.4. The average Bonchev–Trinajstić information content (AvgIpc) is 3.28. The van der Waals surface area contributed by atoms with Gasteiger partial charge in [-0.3, -0.25) is 9.36 Å². The van der Waals surface area contributed by atoms with Gasteiger partial charge in [0, 0.05) is 24.0 Å². The highest BCUT2D eigenvalue weighted by atomic mass is 32.2. The third-order valence-corrected chi connectivity index (χ3v) is 4.68. The molecule has 0 radical (unpaired) electrons. The Morgan fingerprint density at radius 2 is 1.89 bits per heavy atom. The van der Waals surface area contributed by atoms with Crippen molar-refractivity contribution in [2.45, 2.75) is 5.03 Å². The number of hydrogen-bond acceptors (Lipinski definition) is 7. The topological polar surface area (TPSA) is 98.5 Å². The summed E-state index contributed by atoms with van der Waals surface area (Å²) >= 11 is 1.34. The van der Waals surface area contributed by atoms with Crippen LogP contribution in [0.2, 0.25) is 0 Å². The molecule has 4 rings (SSSR count). The molecule has 0 unspecified atom stereocenters. The molecule has 9 heteroatoms. The lowest BCUT2D eigenvalue weighted by Crippen LogP contribution is -2.15. The van der Waals surface area contributed by atoms with Gasteiger partial charge in [-0.1, -0.05) is 42.1 Å². The summed E-state index contributed by atoms with van der Waals surface area (Å²) in [5, 5.41) is 3.50. The van der Waals surface area contributed by atoms with Gasteiger partial charge in [0.25, 0.3) is 0 Å². The molecule has 3 aromatic heterocycles. The molecule has 1 N–H and O–H groups in total. The minimum atomic E-state index is -0.180. The second-order valence-electron chi connectivity index (χ2n) is 5.68. The van der Waals surface area contributed by atoms with E-state index in [2.05, 4.69) is 30.2 Å². The number of carbonyl (C=O) groups excluding carboxylic acids is 1. The Balaban J connectivity index is 1.38. The smallest absolute Gasteiger partial charge is 0.235 e. The zero-order valence-electron chi connectivity index (χ0n) is 14.6. The summed E-state index contributed by atoms with van der Waals surface area (Å²) in [4.78, 5) is 33.0. The Hall–Kier alpha value is -3.59. The maximum absolute atomic E-state index is 12.3. The first-order valence-electron chi connectivity index (χ1n) is 8.38. The third-order valence-electron chi connectivity index (χ3n) is 3.75. The molecule has 0 aliphatic heterocycles. The van der Waals surface area contributed by atoms with E-state index in [1.807, 2.05) is 36.4 Å². The number of amides is 1. The van der Waals surface area contributed by atoms with Crippen molar-refractivity contribution in [2.24, 2.45) is 0 Å². The lowest BCUT2D eigenvalue weighted by atomic mass is 10.1. The van der Waals surface area contributed by atoms with Crippen molar-refractivity contribution in [3.8, 4) is 17.1 Å². The van der Waals surface area contributed by atoms with Crippen LogP contribution in [0.3, 0.4) is 0 Å². The number of anilines is 1. The number of nitrogens with one attached hydrogen (secondary N) is 1. The van der Waals surface area contributed by atoms with Crippen LogP contribution in [0.25, 0.3) is 17.1 Å². The molecule has 0 aliphatic rings. The first-order valence-corrected chi connectivity index (χ1v) is 9.37. The standard InChI is InChI=1S/C19H15N7OS/c27-18(25-16-9-17(23-12-22-16)26-7-6-20-13-26)10-28-19-8-15(21-11-24-19)14-4-2-1-3-5-14/h1-9,11-13H,10H2,(H,22,23,25,27). The molecular weight excluding hydrogens is 374 g/mol. The van der Waals surface area contributed by atoms with E-state index in [-0.39, 0.29) is 11.7 Å². The van der Waals surface area contributed by atoms with Crippen molar-refractivity contribution < 1.29 is 4.79 Å². The summed E-state index contributed by atoms with van der Waals surface area (Å²) in [5.74, 6) is 1.08. The normalized spacial score (nSPS) is 10.6. The summed E-state index contributed by atoms with van der Waals surface area (Å²) in [6.45, 7) is 0. The van der Waals surface area contributed by atoms with E-state index in [1.54, 1.807) is 29.4 Å². The van der Waals surface area contributed by atoms with Crippen LogP contribution in [-0.2, 0) is 4.79 Å². The van der Waals surface area contributed by atoms with Gasteiger partial charge in [0.2, 0.25) is 5.91 Å². The van der Waals surface area contributed by atoms with Crippen LogP contribution in [0.5, 0.6) is 0 Å². The number of rotatable bonds is 6. The average molecular weight is 389 g/mol. The van der Waals surface area contributed by atoms with Crippen LogP contribution in [0.1, 0.15) is 0 Å². The van der Waals surface area contributed by atoms with E-state index in [1.165, 1.54) is 24.4 Å². The van der Waals surface area contributed by atoms with Crippen LogP contribution >= 0.6 is 11.8 Å². The fourth-order valence-electron chi connectivity index (χ4n) is 2.45. The number of hydrogen-bond donors (Lipinski definition) is 1. The van der Waals surface area contributed by atoms with Crippen molar-refractivity contribution in [1.29, 1.82) is 0 Å².